The lowest BCUT2D eigenvalue weighted by atomic mass is 9.88. The number of anilines is 1. The van der Waals surface area contributed by atoms with Gasteiger partial charge in [0.1, 0.15) is 6.04 Å². The van der Waals surface area contributed by atoms with Gasteiger partial charge in [0.25, 0.3) is 0 Å². The predicted octanol–water partition coefficient (Wildman–Crippen LogP) is 2.19. The van der Waals surface area contributed by atoms with Gasteiger partial charge in [0, 0.05) is 68.1 Å². The number of likely N-dealkylation sites (tertiary alicyclic amines) is 1. The molecule has 0 saturated carbocycles. The normalized spacial score (nSPS) is 24.0. The molecule has 34 heavy (non-hydrogen) atoms. The van der Waals surface area contributed by atoms with Crippen molar-refractivity contribution in [2.24, 2.45) is 0 Å². The summed E-state index contributed by atoms with van der Waals surface area (Å²) < 4.78 is 0. The lowest BCUT2D eigenvalue weighted by molar-refractivity contribution is -0.142. The quantitative estimate of drug-likeness (QED) is 0.739. The van der Waals surface area contributed by atoms with Crippen LogP contribution >= 0.6 is 0 Å². The first-order valence-corrected chi connectivity index (χ1v) is 12.4. The van der Waals surface area contributed by atoms with Crippen LogP contribution in [0.4, 0.5) is 5.69 Å². The smallest absolute Gasteiger partial charge is 0.241 e. The molecule has 7 nitrogen and oxygen atoms in total. The number of aromatic nitrogens is 1. The Labute approximate surface area is 202 Å². The summed E-state index contributed by atoms with van der Waals surface area (Å²) in [5, 5.41) is 3.43. The zero-order valence-corrected chi connectivity index (χ0v) is 20.5. The van der Waals surface area contributed by atoms with E-state index in [-0.39, 0.29) is 35.9 Å². The molecule has 3 aliphatic rings. The van der Waals surface area contributed by atoms with Crippen LogP contribution in [0.5, 0.6) is 0 Å². The van der Waals surface area contributed by atoms with Crippen LogP contribution in [-0.2, 0) is 21.4 Å². The molecular formula is C27H35N5O2. The summed E-state index contributed by atoms with van der Waals surface area (Å²) in [6.45, 7) is 10.3. The van der Waals surface area contributed by atoms with Crippen LogP contribution in [0.1, 0.15) is 44.0 Å². The van der Waals surface area contributed by atoms with Gasteiger partial charge in [-0.1, -0.05) is 44.2 Å². The number of pyridine rings is 1. The number of hydrogen-bond acceptors (Lipinski definition) is 5. The summed E-state index contributed by atoms with van der Waals surface area (Å²) >= 11 is 0. The second-order valence-electron chi connectivity index (χ2n) is 10.7. The van der Waals surface area contributed by atoms with Crippen LogP contribution in [0.15, 0.2) is 42.6 Å². The lowest BCUT2D eigenvalue weighted by Gasteiger charge is -2.42. The Morgan fingerprint density at radius 2 is 1.94 bits per heavy atom. The van der Waals surface area contributed by atoms with Gasteiger partial charge in [-0.05, 0) is 25.0 Å². The number of piperazine rings is 1. The van der Waals surface area contributed by atoms with Crippen LogP contribution in [0.25, 0.3) is 0 Å². The molecule has 0 bridgehead atoms. The van der Waals surface area contributed by atoms with Crippen LogP contribution in [-0.4, -0.2) is 78.0 Å². The van der Waals surface area contributed by atoms with Crippen LogP contribution < -0.4 is 10.2 Å². The number of nitrogens with zero attached hydrogens (tertiary/aromatic N) is 4. The highest BCUT2D eigenvalue weighted by Gasteiger charge is 2.41. The fourth-order valence-corrected chi connectivity index (χ4v) is 5.33. The molecule has 1 aromatic carbocycles. The monoisotopic (exact) mass is 461 g/mol. The van der Waals surface area contributed by atoms with Gasteiger partial charge >= 0.3 is 0 Å². The van der Waals surface area contributed by atoms with E-state index in [1.807, 2.05) is 34.2 Å². The van der Waals surface area contributed by atoms with Gasteiger partial charge in [-0.3, -0.25) is 19.5 Å². The summed E-state index contributed by atoms with van der Waals surface area (Å²) in [5.74, 6) is 0.203. The zero-order valence-electron chi connectivity index (χ0n) is 20.5. The molecule has 4 heterocycles. The summed E-state index contributed by atoms with van der Waals surface area (Å²) in [6.07, 6.45) is 3.75. The Morgan fingerprint density at radius 3 is 2.65 bits per heavy atom. The molecule has 5 rings (SSSR count). The minimum atomic E-state index is -0.276. The number of fused-ring (bicyclic) bond motifs is 1. The fraction of sp³-hybridized carbons (Fsp3) is 0.519. The molecule has 0 unspecified atom stereocenters. The highest BCUT2D eigenvalue weighted by Crippen LogP contribution is 2.40. The van der Waals surface area contributed by atoms with Crippen molar-refractivity contribution in [3.63, 3.8) is 0 Å². The van der Waals surface area contributed by atoms with E-state index in [2.05, 4.69) is 49.2 Å². The highest BCUT2D eigenvalue weighted by atomic mass is 16.2. The maximum atomic E-state index is 13.7. The third-order valence-electron chi connectivity index (χ3n) is 7.44. The Kier molecular flexibility index (Phi) is 6.16. The first kappa shape index (κ1) is 23.0. The van der Waals surface area contributed by atoms with E-state index < -0.39 is 0 Å². The summed E-state index contributed by atoms with van der Waals surface area (Å²) in [5.41, 5.74) is 4.07. The molecule has 3 aliphatic heterocycles. The Hall–Kier alpha value is -2.77. The first-order chi connectivity index (χ1) is 16.3. The third kappa shape index (κ3) is 4.46. The average Bonchev–Trinajstić information content (AvgIpc) is 3.04. The van der Waals surface area contributed by atoms with Gasteiger partial charge in [-0.2, -0.15) is 0 Å². The summed E-state index contributed by atoms with van der Waals surface area (Å²) in [6, 6.07) is 12.3. The zero-order chi connectivity index (χ0) is 23.9. The minimum absolute atomic E-state index is 0.0548. The maximum absolute atomic E-state index is 13.7. The van der Waals surface area contributed by atoms with Gasteiger partial charge in [0.15, 0.2) is 0 Å². The summed E-state index contributed by atoms with van der Waals surface area (Å²) in [7, 11) is 0. The molecule has 2 fully saturated rings. The molecule has 180 valence electrons. The highest BCUT2D eigenvalue weighted by molar-refractivity contribution is 5.98. The Bertz CT molecular complexity index is 1070. The largest absolute Gasteiger partial charge is 0.341 e. The first-order valence-electron chi connectivity index (χ1n) is 12.4. The molecule has 7 heteroatoms. The number of amides is 2. The maximum Gasteiger partial charge on any atom is 0.241 e. The number of rotatable bonds is 5. The van der Waals surface area contributed by atoms with Crippen LogP contribution in [0.3, 0.4) is 0 Å². The molecule has 0 spiro atoms. The van der Waals surface area contributed by atoms with E-state index in [1.165, 1.54) is 5.56 Å². The van der Waals surface area contributed by atoms with E-state index in [0.29, 0.717) is 19.6 Å². The van der Waals surface area contributed by atoms with Crippen molar-refractivity contribution in [3.05, 3.63) is 59.4 Å². The third-order valence-corrected chi connectivity index (χ3v) is 7.44. The minimum Gasteiger partial charge on any atom is -0.341 e. The van der Waals surface area contributed by atoms with Crippen molar-refractivity contribution in [1.29, 1.82) is 0 Å². The van der Waals surface area contributed by atoms with E-state index >= 15 is 0 Å². The molecule has 1 N–H and O–H groups in total. The molecular weight excluding hydrogens is 426 g/mol. The number of carbonyl (C=O) groups excluding carboxylic acids is 2. The van der Waals surface area contributed by atoms with Crippen molar-refractivity contribution in [2.45, 2.75) is 51.1 Å². The molecule has 2 atom stereocenters. The van der Waals surface area contributed by atoms with Crippen molar-refractivity contribution >= 4 is 17.5 Å². The van der Waals surface area contributed by atoms with Crippen LogP contribution in [0, 0.1) is 0 Å². The van der Waals surface area contributed by atoms with Crippen molar-refractivity contribution in [1.82, 2.24) is 20.1 Å². The number of carbonyl (C=O) groups is 2. The van der Waals surface area contributed by atoms with Gasteiger partial charge in [0.2, 0.25) is 11.8 Å². The van der Waals surface area contributed by atoms with E-state index in [0.717, 1.165) is 42.9 Å². The second kappa shape index (κ2) is 9.12. The van der Waals surface area contributed by atoms with Crippen LogP contribution in [0.2, 0.25) is 0 Å². The van der Waals surface area contributed by atoms with Gasteiger partial charge in [-0.25, -0.2) is 0 Å². The van der Waals surface area contributed by atoms with Gasteiger partial charge in [0.05, 0.1) is 12.2 Å². The molecule has 1 aromatic heterocycles. The molecule has 0 aliphatic carbocycles. The number of benzene rings is 1. The SMILES string of the molecule is C[C@@H]1CN(CC(=O)N2CC(C)(C)c3cnc(Cc4ccccc4)cc32)[C@@H](C(=O)N2CCC2)CN1. The second-order valence-corrected chi connectivity index (χ2v) is 10.7. The molecule has 2 amide bonds. The van der Waals surface area contributed by atoms with Crippen molar-refractivity contribution < 1.29 is 9.59 Å². The van der Waals surface area contributed by atoms with Crippen molar-refractivity contribution in [2.75, 3.05) is 44.2 Å². The Morgan fingerprint density at radius 1 is 1.18 bits per heavy atom. The summed E-state index contributed by atoms with van der Waals surface area (Å²) in [4.78, 5) is 37.4. The number of nitrogens with one attached hydrogen (secondary N) is 1. The number of hydrogen-bond donors (Lipinski definition) is 1. The van der Waals surface area contributed by atoms with E-state index in [9.17, 15) is 9.59 Å². The molecule has 2 saturated heterocycles. The van der Waals surface area contributed by atoms with E-state index in [4.69, 9.17) is 4.98 Å². The van der Waals surface area contributed by atoms with Gasteiger partial charge < -0.3 is 15.1 Å². The standard InChI is InChI=1S/C27H35N5O2/c1-19-16-31(24(15-28-19)26(34)30-10-7-11-30)17-25(33)32-18-27(2,3)22-14-29-21(13-23(22)32)12-20-8-5-4-6-9-20/h4-6,8-9,13-14,19,24,28H,7,10-12,15-18H2,1-3H3/t19-,24-/m1/s1. The topological polar surface area (TPSA) is 68.8 Å². The lowest BCUT2D eigenvalue weighted by Crippen LogP contribution is -2.64. The average molecular weight is 462 g/mol. The fourth-order valence-electron chi connectivity index (χ4n) is 5.33. The molecule has 0 radical (unpaired) electrons. The van der Waals surface area contributed by atoms with Gasteiger partial charge in [-0.15, -0.1) is 0 Å². The predicted molar refractivity (Wildman–Crippen MR) is 133 cm³/mol. The van der Waals surface area contributed by atoms with Crippen molar-refractivity contribution in [3.8, 4) is 0 Å². The van der Waals surface area contributed by atoms with E-state index in [1.54, 1.807) is 0 Å². The Balaban J connectivity index is 1.36. The molecule has 2 aromatic rings.